The van der Waals surface area contributed by atoms with E-state index in [1.165, 1.54) is 16.7 Å². The maximum absolute atomic E-state index is 11.9. The summed E-state index contributed by atoms with van der Waals surface area (Å²) in [6, 6.07) is 0. The van der Waals surface area contributed by atoms with Gasteiger partial charge < -0.3 is 0 Å². The first kappa shape index (κ1) is 11.4. The van der Waals surface area contributed by atoms with Crippen molar-refractivity contribution in [3.8, 4) is 0 Å². The average molecular weight is 244 g/mol. The lowest BCUT2D eigenvalue weighted by atomic mass is 10.0. The third-order valence-corrected chi connectivity index (χ3v) is 4.37. The molecule has 0 aliphatic carbocycles. The second-order valence-electron chi connectivity index (χ2n) is 4.18. The van der Waals surface area contributed by atoms with Gasteiger partial charge in [-0.2, -0.15) is 17.8 Å². The van der Waals surface area contributed by atoms with Crippen molar-refractivity contribution >= 4 is 15.9 Å². The van der Waals surface area contributed by atoms with Crippen LogP contribution in [0.2, 0.25) is 0 Å². The SMILES string of the molecule is CC1CCN(S(=O)(=O)Nc2cn[nH]c2)CC1. The zero-order valence-electron chi connectivity index (χ0n) is 9.18. The minimum absolute atomic E-state index is 0.471. The highest BCUT2D eigenvalue weighted by Gasteiger charge is 2.26. The van der Waals surface area contributed by atoms with E-state index < -0.39 is 10.2 Å². The van der Waals surface area contributed by atoms with Crippen LogP contribution in [-0.4, -0.2) is 36.0 Å². The topological polar surface area (TPSA) is 78.1 Å². The molecule has 0 bridgehead atoms. The highest BCUT2D eigenvalue weighted by Crippen LogP contribution is 2.19. The van der Waals surface area contributed by atoms with Gasteiger partial charge in [-0.15, -0.1) is 0 Å². The summed E-state index contributed by atoms with van der Waals surface area (Å²) in [5, 5.41) is 6.26. The second kappa shape index (κ2) is 4.42. The zero-order valence-corrected chi connectivity index (χ0v) is 10.00. The minimum atomic E-state index is -3.41. The number of H-pyrrole nitrogens is 1. The number of piperidine rings is 1. The van der Waals surface area contributed by atoms with Crippen LogP contribution in [0.3, 0.4) is 0 Å². The molecule has 1 saturated heterocycles. The summed E-state index contributed by atoms with van der Waals surface area (Å²) in [4.78, 5) is 0. The van der Waals surface area contributed by atoms with Crippen molar-refractivity contribution in [2.45, 2.75) is 19.8 Å². The third kappa shape index (κ3) is 2.53. The quantitative estimate of drug-likeness (QED) is 0.825. The summed E-state index contributed by atoms with van der Waals surface area (Å²) < 4.78 is 27.8. The van der Waals surface area contributed by atoms with Gasteiger partial charge in [-0.3, -0.25) is 9.82 Å². The molecule has 0 unspecified atom stereocenters. The molecule has 2 rings (SSSR count). The molecule has 0 atom stereocenters. The summed E-state index contributed by atoms with van der Waals surface area (Å²) in [7, 11) is -3.41. The Kier molecular flexibility index (Phi) is 3.15. The van der Waals surface area contributed by atoms with Crippen LogP contribution in [0.15, 0.2) is 12.4 Å². The molecule has 1 aliphatic rings. The summed E-state index contributed by atoms with van der Waals surface area (Å²) in [5.74, 6) is 0.611. The maximum atomic E-state index is 11.9. The van der Waals surface area contributed by atoms with Crippen LogP contribution in [-0.2, 0) is 10.2 Å². The molecule has 90 valence electrons. The van der Waals surface area contributed by atoms with Gasteiger partial charge in [0.05, 0.1) is 11.9 Å². The van der Waals surface area contributed by atoms with Crippen LogP contribution in [0.1, 0.15) is 19.8 Å². The van der Waals surface area contributed by atoms with Gasteiger partial charge in [0.25, 0.3) is 0 Å². The van der Waals surface area contributed by atoms with Crippen molar-refractivity contribution in [2.24, 2.45) is 5.92 Å². The van der Waals surface area contributed by atoms with Gasteiger partial charge in [0.2, 0.25) is 0 Å². The standard InChI is InChI=1S/C9H16N4O2S/c1-8-2-4-13(5-3-8)16(14,15)12-9-6-10-11-7-9/h6-8,12H,2-5H2,1H3,(H,10,11). The number of hydrogen-bond acceptors (Lipinski definition) is 3. The van der Waals surface area contributed by atoms with E-state index in [2.05, 4.69) is 21.8 Å². The highest BCUT2D eigenvalue weighted by atomic mass is 32.2. The number of hydrogen-bond donors (Lipinski definition) is 2. The van der Waals surface area contributed by atoms with Crippen molar-refractivity contribution in [3.63, 3.8) is 0 Å². The predicted octanol–water partition coefficient (Wildman–Crippen LogP) is 0.798. The Balaban J connectivity index is 2.02. The molecule has 0 aromatic carbocycles. The molecule has 1 aromatic heterocycles. The van der Waals surface area contributed by atoms with E-state index in [0.717, 1.165) is 12.8 Å². The highest BCUT2D eigenvalue weighted by molar-refractivity contribution is 7.90. The van der Waals surface area contributed by atoms with Crippen molar-refractivity contribution in [2.75, 3.05) is 17.8 Å². The van der Waals surface area contributed by atoms with Gasteiger partial charge in [0.15, 0.2) is 0 Å². The molecule has 0 amide bonds. The van der Waals surface area contributed by atoms with E-state index >= 15 is 0 Å². The van der Waals surface area contributed by atoms with E-state index in [4.69, 9.17) is 0 Å². The monoisotopic (exact) mass is 244 g/mol. The lowest BCUT2D eigenvalue weighted by Crippen LogP contribution is -2.41. The lowest BCUT2D eigenvalue weighted by molar-refractivity contribution is 0.289. The van der Waals surface area contributed by atoms with Gasteiger partial charge in [-0.1, -0.05) is 6.92 Å². The maximum Gasteiger partial charge on any atom is 0.301 e. The molecule has 0 spiro atoms. The van der Waals surface area contributed by atoms with Gasteiger partial charge in [-0.25, -0.2) is 0 Å². The van der Waals surface area contributed by atoms with E-state index in [0.29, 0.717) is 24.7 Å². The first-order valence-corrected chi connectivity index (χ1v) is 6.78. The molecule has 0 radical (unpaired) electrons. The molecular formula is C9H16N4O2S. The Bertz CT molecular complexity index is 420. The summed E-state index contributed by atoms with van der Waals surface area (Å²) in [6.07, 6.45) is 4.81. The molecule has 16 heavy (non-hydrogen) atoms. The zero-order chi connectivity index (χ0) is 11.6. The van der Waals surface area contributed by atoms with Crippen LogP contribution >= 0.6 is 0 Å². The van der Waals surface area contributed by atoms with Crippen molar-refractivity contribution in [3.05, 3.63) is 12.4 Å². The van der Waals surface area contributed by atoms with Gasteiger partial charge >= 0.3 is 10.2 Å². The van der Waals surface area contributed by atoms with Crippen LogP contribution < -0.4 is 4.72 Å². The molecular weight excluding hydrogens is 228 g/mol. The first-order chi connectivity index (χ1) is 7.58. The Morgan fingerprint density at radius 2 is 2.19 bits per heavy atom. The number of anilines is 1. The fourth-order valence-corrected chi connectivity index (χ4v) is 2.98. The van der Waals surface area contributed by atoms with Crippen LogP contribution in [0.4, 0.5) is 5.69 Å². The van der Waals surface area contributed by atoms with Crippen LogP contribution in [0, 0.1) is 5.92 Å². The summed E-state index contributed by atoms with van der Waals surface area (Å²) in [5.41, 5.74) is 0.471. The summed E-state index contributed by atoms with van der Waals surface area (Å²) >= 11 is 0. The van der Waals surface area contributed by atoms with E-state index in [1.807, 2.05) is 0 Å². The fraction of sp³-hybridized carbons (Fsp3) is 0.667. The van der Waals surface area contributed by atoms with Crippen molar-refractivity contribution in [1.82, 2.24) is 14.5 Å². The second-order valence-corrected chi connectivity index (χ2v) is 5.85. The average Bonchev–Trinajstić information content (AvgIpc) is 2.70. The molecule has 6 nitrogen and oxygen atoms in total. The van der Waals surface area contributed by atoms with Crippen LogP contribution in [0.25, 0.3) is 0 Å². The normalized spacial score (nSPS) is 19.8. The molecule has 1 aromatic rings. The van der Waals surface area contributed by atoms with E-state index in [-0.39, 0.29) is 0 Å². The largest absolute Gasteiger partial charge is 0.301 e. The molecule has 2 N–H and O–H groups in total. The van der Waals surface area contributed by atoms with E-state index in [9.17, 15) is 8.42 Å². The third-order valence-electron chi connectivity index (χ3n) is 2.83. The predicted molar refractivity (Wildman–Crippen MR) is 61.1 cm³/mol. The molecule has 2 heterocycles. The van der Waals surface area contributed by atoms with Gasteiger partial charge in [-0.05, 0) is 18.8 Å². The summed E-state index contributed by atoms with van der Waals surface area (Å²) in [6.45, 7) is 3.33. The van der Waals surface area contributed by atoms with Crippen molar-refractivity contribution < 1.29 is 8.42 Å². The van der Waals surface area contributed by atoms with Gasteiger partial charge in [0.1, 0.15) is 0 Å². The number of aromatic amines is 1. The Morgan fingerprint density at radius 1 is 1.50 bits per heavy atom. The van der Waals surface area contributed by atoms with E-state index in [1.54, 1.807) is 0 Å². The molecule has 0 saturated carbocycles. The molecule has 1 aliphatic heterocycles. The van der Waals surface area contributed by atoms with Crippen molar-refractivity contribution in [1.29, 1.82) is 0 Å². The number of aromatic nitrogens is 2. The Morgan fingerprint density at radius 3 is 2.75 bits per heavy atom. The first-order valence-electron chi connectivity index (χ1n) is 5.34. The number of nitrogens with one attached hydrogen (secondary N) is 2. The Labute approximate surface area is 95.2 Å². The van der Waals surface area contributed by atoms with Gasteiger partial charge in [0, 0.05) is 19.3 Å². The lowest BCUT2D eigenvalue weighted by Gasteiger charge is -2.29. The number of nitrogens with zero attached hydrogens (tertiary/aromatic N) is 2. The van der Waals surface area contributed by atoms with Crippen LogP contribution in [0.5, 0.6) is 0 Å². The number of rotatable bonds is 3. The fourth-order valence-electron chi connectivity index (χ4n) is 1.75. The Hall–Kier alpha value is -1.08. The smallest absolute Gasteiger partial charge is 0.284 e. The molecule has 1 fully saturated rings. The molecule has 7 heteroatoms. The minimum Gasteiger partial charge on any atom is -0.284 e.